The third kappa shape index (κ3) is 6.12. The van der Waals surface area contributed by atoms with Crippen LogP contribution < -0.4 is 9.47 Å². The SMILES string of the molecule is C=CCC[C@H](O)CN(CC)CC(=O)N1CCc2sccc2[C@@H]1COc1ccccc1OC. The lowest BCUT2D eigenvalue weighted by atomic mass is 10.0. The van der Waals surface area contributed by atoms with Crippen molar-refractivity contribution in [2.24, 2.45) is 0 Å². The van der Waals surface area contributed by atoms with Crippen molar-refractivity contribution in [3.63, 3.8) is 0 Å². The lowest BCUT2D eigenvalue weighted by Crippen LogP contribution is -2.47. The summed E-state index contributed by atoms with van der Waals surface area (Å²) in [6, 6.07) is 9.52. The highest BCUT2D eigenvalue weighted by molar-refractivity contribution is 7.10. The van der Waals surface area contributed by atoms with Gasteiger partial charge in [-0.1, -0.05) is 25.1 Å². The fourth-order valence-electron chi connectivity index (χ4n) is 4.07. The number of amides is 1. The number of allylic oxidation sites excluding steroid dienone is 1. The maximum Gasteiger partial charge on any atom is 0.237 e. The summed E-state index contributed by atoms with van der Waals surface area (Å²) in [5.74, 6) is 1.41. The van der Waals surface area contributed by atoms with Crippen LogP contribution in [0.5, 0.6) is 11.5 Å². The predicted octanol–water partition coefficient (Wildman–Crippen LogP) is 3.91. The Bertz CT molecular complexity index is 884. The maximum absolute atomic E-state index is 13.3. The van der Waals surface area contributed by atoms with Crippen LogP contribution in [0.15, 0.2) is 48.4 Å². The zero-order valence-corrected chi connectivity index (χ0v) is 19.9. The van der Waals surface area contributed by atoms with Gasteiger partial charge in [-0.3, -0.25) is 9.69 Å². The first-order valence-electron chi connectivity index (χ1n) is 11.2. The highest BCUT2D eigenvalue weighted by atomic mass is 32.1. The molecule has 1 amide bonds. The van der Waals surface area contributed by atoms with E-state index >= 15 is 0 Å². The standard InChI is InChI=1S/C25H34N2O4S/c1-4-6-9-19(28)16-26(5-2)17-25(29)27-14-12-24-20(13-15-32-24)21(27)18-31-23-11-8-7-10-22(23)30-3/h4,7-8,10-11,13,15,19,21,28H,1,5-6,9,12,14,16-18H2,2-3H3/t19-,21-/m0/s1. The quantitative estimate of drug-likeness (QED) is 0.489. The number of benzene rings is 1. The minimum absolute atomic E-state index is 0.0632. The first kappa shape index (κ1) is 24.3. The van der Waals surface area contributed by atoms with Crippen LogP contribution in [0, 0.1) is 0 Å². The molecule has 1 aromatic carbocycles. The molecule has 0 radical (unpaired) electrons. The van der Waals surface area contributed by atoms with Crippen LogP contribution in [0.4, 0.5) is 0 Å². The average molecular weight is 459 g/mol. The molecule has 3 rings (SSSR count). The zero-order valence-electron chi connectivity index (χ0n) is 19.0. The van der Waals surface area contributed by atoms with Crippen LogP contribution in [0.3, 0.4) is 0 Å². The molecular weight excluding hydrogens is 424 g/mol. The Kier molecular flexibility index (Phi) is 9.14. The number of thiophene rings is 1. The Morgan fingerprint density at radius 2 is 2.16 bits per heavy atom. The van der Waals surface area contributed by atoms with Crippen molar-refractivity contribution in [3.8, 4) is 11.5 Å². The Labute approximate surface area is 195 Å². The number of carbonyl (C=O) groups excluding carboxylic acids is 1. The fraction of sp³-hybridized carbons (Fsp3) is 0.480. The van der Waals surface area contributed by atoms with Crippen LogP contribution in [0.2, 0.25) is 0 Å². The van der Waals surface area contributed by atoms with Crippen molar-refractivity contribution in [2.75, 3.05) is 39.9 Å². The van der Waals surface area contributed by atoms with Crippen LogP contribution in [-0.2, 0) is 11.2 Å². The molecule has 174 valence electrons. The maximum atomic E-state index is 13.3. The van der Waals surface area contributed by atoms with Gasteiger partial charge in [-0.15, -0.1) is 17.9 Å². The van der Waals surface area contributed by atoms with Gasteiger partial charge in [-0.25, -0.2) is 0 Å². The summed E-state index contributed by atoms with van der Waals surface area (Å²) in [5, 5.41) is 12.4. The molecule has 2 heterocycles. The van der Waals surface area contributed by atoms with Crippen molar-refractivity contribution in [2.45, 2.75) is 38.3 Å². The molecule has 2 atom stereocenters. The van der Waals surface area contributed by atoms with Gasteiger partial charge >= 0.3 is 0 Å². The molecule has 0 spiro atoms. The molecule has 0 unspecified atom stereocenters. The minimum Gasteiger partial charge on any atom is -0.493 e. The molecule has 6 nitrogen and oxygen atoms in total. The van der Waals surface area contributed by atoms with Crippen molar-refractivity contribution in [1.82, 2.24) is 9.80 Å². The topological polar surface area (TPSA) is 62.2 Å². The smallest absolute Gasteiger partial charge is 0.237 e. The van der Waals surface area contributed by atoms with Crippen LogP contribution >= 0.6 is 11.3 Å². The number of fused-ring (bicyclic) bond motifs is 1. The molecule has 1 N–H and O–H groups in total. The van der Waals surface area contributed by atoms with E-state index in [0.717, 1.165) is 12.8 Å². The monoisotopic (exact) mass is 458 g/mol. The number of methoxy groups -OCH3 is 1. The number of ether oxygens (including phenoxy) is 2. The van der Waals surface area contributed by atoms with Gasteiger partial charge < -0.3 is 19.5 Å². The van der Waals surface area contributed by atoms with Crippen molar-refractivity contribution in [1.29, 1.82) is 0 Å². The van der Waals surface area contributed by atoms with E-state index in [-0.39, 0.29) is 18.5 Å². The molecule has 1 aliphatic rings. The first-order valence-corrected chi connectivity index (χ1v) is 12.1. The van der Waals surface area contributed by atoms with E-state index < -0.39 is 6.10 Å². The van der Waals surface area contributed by atoms with E-state index in [2.05, 4.69) is 18.0 Å². The van der Waals surface area contributed by atoms with E-state index in [0.29, 0.717) is 44.2 Å². The van der Waals surface area contributed by atoms with E-state index in [1.807, 2.05) is 47.1 Å². The average Bonchev–Trinajstić information content (AvgIpc) is 3.30. The number of hydrogen-bond donors (Lipinski definition) is 1. The number of carbonyl (C=O) groups is 1. The van der Waals surface area contributed by atoms with Crippen molar-refractivity contribution in [3.05, 3.63) is 58.8 Å². The number of aliphatic hydroxyl groups excluding tert-OH is 1. The number of hydrogen-bond acceptors (Lipinski definition) is 6. The van der Waals surface area contributed by atoms with Gasteiger partial charge in [0.1, 0.15) is 6.61 Å². The third-order valence-electron chi connectivity index (χ3n) is 5.86. The first-order chi connectivity index (χ1) is 15.6. The molecule has 2 aromatic rings. The molecule has 32 heavy (non-hydrogen) atoms. The summed E-state index contributed by atoms with van der Waals surface area (Å²) in [6.07, 6.45) is 3.63. The molecule has 0 fully saturated rings. The number of rotatable bonds is 12. The minimum atomic E-state index is -0.463. The van der Waals surface area contributed by atoms with Gasteiger partial charge in [0.15, 0.2) is 11.5 Å². The Morgan fingerprint density at radius 1 is 1.38 bits per heavy atom. The molecule has 0 bridgehead atoms. The van der Waals surface area contributed by atoms with E-state index in [1.54, 1.807) is 18.4 Å². The van der Waals surface area contributed by atoms with E-state index in [9.17, 15) is 9.90 Å². The Balaban J connectivity index is 1.70. The molecule has 1 aliphatic heterocycles. The fourth-order valence-corrected chi connectivity index (χ4v) is 5.00. The summed E-state index contributed by atoms with van der Waals surface area (Å²) >= 11 is 1.74. The number of likely N-dealkylation sites (N-methyl/N-ethyl adjacent to an activating group) is 1. The summed E-state index contributed by atoms with van der Waals surface area (Å²) in [5.41, 5.74) is 1.17. The predicted molar refractivity (Wildman–Crippen MR) is 129 cm³/mol. The molecule has 1 aromatic heterocycles. The molecule has 0 saturated carbocycles. The van der Waals surface area contributed by atoms with Gasteiger partial charge in [-0.05, 0) is 54.9 Å². The van der Waals surface area contributed by atoms with Crippen LogP contribution in [-0.4, -0.2) is 66.8 Å². The second-order valence-electron chi connectivity index (χ2n) is 7.96. The number of aliphatic hydroxyl groups is 1. The van der Waals surface area contributed by atoms with E-state index in [4.69, 9.17) is 9.47 Å². The van der Waals surface area contributed by atoms with Gasteiger partial charge in [-0.2, -0.15) is 0 Å². The lowest BCUT2D eigenvalue weighted by Gasteiger charge is -2.37. The second kappa shape index (κ2) is 12.0. The molecule has 7 heteroatoms. The number of para-hydroxylation sites is 2. The third-order valence-corrected chi connectivity index (χ3v) is 6.86. The molecular formula is C25H34N2O4S. The highest BCUT2D eigenvalue weighted by Crippen LogP contribution is 2.35. The summed E-state index contributed by atoms with van der Waals surface area (Å²) < 4.78 is 11.5. The molecule has 0 saturated heterocycles. The summed E-state index contributed by atoms with van der Waals surface area (Å²) in [4.78, 5) is 18.6. The Hall–Kier alpha value is -2.35. The van der Waals surface area contributed by atoms with E-state index in [1.165, 1.54) is 10.4 Å². The summed E-state index contributed by atoms with van der Waals surface area (Å²) in [7, 11) is 1.62. The normalized spacial score (nSPS) is 16.5. The van der Waals surface area contributed by atoms with Crippen LogP contribution in [0.25, 0.3) is 0 Å². The van der Waals surface area contributed by atoms with Crippen molar-refractivity contribution < 1.29 is 19.4 Å². The van der Waals surface area contributed by atoms with Gasteiger partial charge in [0.2, 0.25) is 5.91 Å². The largest absolute Gasteiger partial charge is 0.493 e. The Morgan fingerprint density at radius 3 is 2.88 bits per heavy atom. The highest BCUT2D eigenvalue weighted by Gasteiger charge is 2.33. The summed E-state index contributed by atoms with van der Waals surface area (Å²) in [6.45, 7) is 8.23. The van der Waals surface area contributed by atoms with Crippen LogP contribution in [0.1, 0.15) is 36.2 Å². The van der Waals surface area contributed by atoms with Gasteiger partial charge in [0.25, 0.3) is 0 Å². The lowest BCUT2D eigenvalue weighted by molar-refractivity contribution is -0.136. The molecule has 0 aliphatic carbocycles. The zero-order chi connectivity index (χ0) is 22.9. The number of nitrogens with zero attached hydrogens (tertiary/aromatic N) is 2. The van der Waals surface area contributed by atoms with Gasteiger partial charge in [0.05, 0.1) is 25.8 Å². The van der Waals surface area contributed by atoms with Gasteiger partial charge in [0, 0.05) is 18.0 Å². The van der Waals surface area contributed by atoms with Crippen molar-refractivity contribution >= 4 is 17.2 Å². The second-order valence-corrected chi connectivity index (χ2v) is 8.96.